The predicted octanol–water partition coefficient (Wildman–Crippen LogP) is 1.47. The topological polar surface area (TPSA) is 76.6 Å². The molecule has 1 atom stereocenters. The van der Waals surface area contributed by atoms with Gasteiger partial charge in [-0.05, 0) is 6.92 Å². The Hall–Kier alpha value is -0.350. The van der Waals surface area contributed by atoms with Crippen molar-refractivity contribution in [2.24, 2.45) is 0 Å². The largest absolute Gasteiger partial charge is 0.465 e. The SMILES string of the molecule is CCOC(=O)C1CSCCN1S(=O)(=O)c1cnc(Cl)s1. The van der Waals surface area contributed by atoms with Crippen LogP contribution < -0.4 is 0 Å². The molecular weight excluding hydrogens is 344 g/mol. The maximum Gasteiger partial charge on any atom is 0.325 e. The molecule has 1 fully saturated rings. The van der Waals surface area contributed by atoms with E-state index >= 15 is 0 Å². The van der Waals surface area contributed by atoms with Crippen LogP contribution >= 0.6 is 34.7 Å². The van der Waals surface area contributed by atoms with Crippen molar-refractivity contribution in [1.82, 2.24) is 9.29 Å². The second-order valence-corrected chi connectivity index (χ2v) is 8.77. The number of halogens is 1. The van der Waals surface area contributed by atoms with Gasteiger partial charge in [-0.3, -0.25) is 4.79 Å². The van der Waals surface area contributed by atoms with Crippen LogP contribution in [0.5, 0.6) is 0 Å². The lowest BCUT2D eigenvalue weighted by atomic mass is 10.3. The summed E-state index contributed by atoms with van der Waals surface area (Å²) >= 11 is 8.10. The van der Waals surface area contributed by atoms with Gasteiger partial charge in [-0.25, -0.2) is 13.4 Å². The number of thiazole rings is 1. The van der Waals surface area contributed by atoms with Gasteiger partial charge in [0.25, 0.3) is 10.0 Å². The maximum absolute atomic E-state index is 12.5. The quantitative estimate of drug-likeness (QED) is 0.760. The lowest BCUT2D eigenvalue weighted by molar-refractivity contribution is -0.146. The van der Waals surface area contributed by atoms with Crippen LogP contribution in [0, 0.1) is 0 Å². The number of hydrogen-bond donors (Lipinski definition) is 0. The minimum Gasteiger partial charge on any atom is -0.465 e. The molecule has 2 heterocycles. The molecule has 0 N–H and O–H groups in total. The van der Waals surface area contributed by atoms with E-state index in [1.54, 1.807) is 6.92 Å². The molecule has 20 heavy (non-hydrogen) atoms. The highest BCUT2D eigenvalue weighted by Crippen LogP contribution is 2.29. The van der Waals surface area contributed by atoms with Gasteiger partial charge in [0.2, 0.25) is 0 Å². The molecule has 1 aliphatic rings. The number of thioether (sulfide) groups is 1. The van der Waals surface area contributed by atoms with Crippen LogP contribution in [-0.2, 0) is 19.6 Å². The van der Waals surface area contributed by atoms with E-state index in [1.165, 1.54) is 22.3 Å². The molecule has 6 nitrogen and oxygen atoms in total. The van der Waals surface area contributed by atoms with Crippen molar-refractivity contribution in [1.29, 1.82) is 0 Å². The Kier molecular flexibility index (Phi) is 5.30. The molecule has 1 aliphatic heterocycles. The van der Waals surface area contributed by atoms with Crippen molar-refractivity contribution in [3.8, 4) is 0 Å². The van der Waals surface area contributed by atoms with Crippen molar-refractivity contribution in [3.63, 3.8) is 0 Å². The molecule has 0 spiro atoms. The summed E-state index contributed by atoms with van der Waals surface area (Å²) in [5.41, 5.74) is 0. The molecule has 1 unspecified atom stereocenters. The normalized spacial score (nSPS) is 20.8. The van der Waals surface area contributed by atoms with Crippen LogP contribution in [0.15, 0.2) is 10.4 Å². The molecule has 10 heteroatoms. The smallest absolute Gasteiger partial charge is 0.325 e. The Morgan fingerprint density at radius 2 is 2.40 bits per heavy atom. The van der Waals surface area contributed by atoms with E-state index in [2.05, 4.69) is 4.98 Å². The van der Waals surface area contributed by atoms with Gasteiger partial charge < -0.3 is 4.74 Å². The molecule has 0 aliphatic carbocycles. The van der Waals surface area contributed by atoms with Gasteiger partial charge in [-0.1, -0.05) is 22.9 Å². The third-order valence-electron chi connectivity index (χ3n) is 2.66. The molecule has 1 aromatic rings. The molecule has 112 valence electrons. The summed E-state index contributed by atoms with van der Waals surface area (Å²) in [5, 5.41) is 0. The van der Waals surface area contributed by atoms with Gasteiger partial charge in [0.15, 0.2) is 8.68 Å². The standard InChI is InChI=1S/C10H13ClN2O4S3/c1-2-17-9(14)7-6-18-4-3-13(7)20(15,16)8-5-12-10(11)19-8/h5,7H,2-4,6H2,1H3. The van der Waals surface area contributed by atoms with Gasteiger partial charge in [-0.2, -0.15) is 16.1 Å². The summed E-state index contributed by atoms with van der Waals surface area (Å²) in [5.74, 6) is 0.519. The van der Waals surface area contributed by atoms with E-state index in [-0.39, 0.29) is 21.8 Å². The zero-order valence-electron chi connectivity index (χ0n) is 10.6. The van der Waals surface area contributed by atoms with Gasteiger partial charge in [-0.15, -0.1) is 0 Å². The average Bonchev–Trinajstić information content (AvgIpc) is 2.86. The Bertz CT molecular complexity index is 589. The van der Waals surface area contributed by atoms with Gasteiger partial charge in [0.1, 0.15) is 6.04 Å². The first kappa shape index (κ1) is 16.0. The Labute approximate surface area is 130 Å². The van der Waals surface area contributed by atoms with E-state index in [9.17, 15) is 13.2 Å². The lowest BCUT2D eigenvalue weighted by Gasteiger charge is -2.31. The van der Waals surface area contributed by atoms with E-state index in [0.717, 1.165) is 11.3 Å². The number of nitrogens with zero attached hydrogens (tertiary/aromatic N) is 2. The Morgan fingerprint density at radius 1 is 1.65 bits per heavy atom. The van der Waals surface area contributed by atoms with Crippen molar-refractivity contribution < 1.29 is 17.9 Å². The number of rotatable bonds is 4. The second kappa shape index (κ2) is 6.61. The summed E-state index contributed by atoms with van der Waals surface area (Å²) in [6.45, 7) is 2.18. The summed E-state index contributed by atoms with van der Waals surface area (Å²) in [6, 6.07) is -0.792. The second-order valence-electron chi connectivity index (χ2n) is 3.89. The van der Waals surface area contributed by atoms with Crippen molar-refractivity contribution in [2.45, 2.75) is 17.2 Å². The van der Waals surface area contributed by atoms with E-state index < -0.39 is 22.0 Å². The fourth-order valence-corrected chi connectivity index (χ4v) is 6.02. The van der Waals surface area contributed by atoms with Crippen LogP contribution in [-0.4, -0.2) is 54.4 Å². The van der Waals surface area contributed by atoms with Crippen LogP contribution in [0.2, 0.25) is 4.47 Å². The highest BCUT2D eigenvalue weighted by molar-refractivity contribution is 7.99. The van der Waals surface area contributed by atoms with Crippen molar-refractivity contribution in [3.05, 3.63) is 10.7 Å². The third-order valence-corrected chi connectivity index (χ3v) is 7.14. The van der Waals surface area contributed by atoms with Crippen LogP contribution in [0.3, 0.4) is 0 Å². The Balaban J connectivity index is 2.29. The first-order valence-electron chi connectivity index (χ1n) is 5.84. The molecular formula is C10H13ClN2O4S3. The van der Waals surface area contributed by atoms with Crippen LogP contribution in [0.4, 0.5) is 0 Å². The number of ether oxygens (including phenoxy) is 1. The summed E-state index contributed by atoms with van der Waals surface area (Å²) in [6.07, 6.45) is 1.21. The fraction of sp³-hybridized carbons (Fsp3) is 0.600. The molecule has 0 aromatic carbocycles. The first-order valence-corrected chi connectivity index (χ1v) is 9.63. The van der Waals surface area contributed by atoms with E-state index in [4.69, 9.17) is 16.3 Å². The highest BCUT2D eigenvalue weighted by Gasteiger charge is 2.39. The summed E-state index contributed by atoms with van der Waals surface area (Å²) in [4.78, 5) is 15.7. The fourth-order valence-electron chi connectivity index (χ4n) is 1.77. The Morgan fingerprint density at radius 3 is 3.00 bits per heavy atom. The molecule has 1 saturated heterocycles. The highest BCUT2D eigenvalue weighted by atomic mass is 35.5. The van der Waals surface area contributed by atoms with Crippen molar-refractivity contribution >= 4 is 50.7 Å². The molecule has 0 amide bonds. The van der Waals surface area contributed by atoms with Crippen molar-refractivity contribution in [2.75, 3.05) is 24.7 Å². The molecule has 1 aromatic heterocycles. The number of carbonyl (C=O) groups excluding carboxylic acids is 1. The summed E-state index contributed by atoms with van der Waals surface area (Å²) in [7, 11) is -3.76. The van der Waals surface area contributed by atoms with Crippen LogP contribution in [0.25, 0.3) is 0 Å². The molecule has 0 saturated carbocycles. The number of hydrogen-bond acceptors (Lipinski definition) is 7. The minimum absolute atomic E-state index is 0.0451. The predicted molar refractivity (Wildman–Crippen MR) is 78.8 cm³/mol. The monoisotopic (exact) mass is 356 g/mol. The number of esters is 1. The maximum atomic E-state index is 12.5. The summed E-state index contributed by atoms with van der Waals surface area (Å²) < 4.78 is 31.4. The number of carbonyl (C=O) groups is 1. The number of aromatic nitrogens is 1. The molecule has 0 radical (unpaired) electrons. The van der Waals surface area contributed by atoms with Gasteiger partial charge in [0, 0.05) is 18.1 Å². The first-order chi connectivity index (χ1) is 9.46. The van der Waals surface area contributed by atoms with Gasteiger partial charge in [0.05, 0.1) is 12.8 Å². The van der Waals surface area contributed by atoms with E-state index in [0.29, 0.717) is 11.5 Å². The zero-order valence-corrected chi connectivity index (χ0v) is 13.8. The minimum atomic E-state index is -3.76. The average molecular weight is 357 g/mol. The molecule has 2 rings (SSSR count). The molecule has 0 bridgehead atoms. The zero-order chi connectivity index (χ0) is 14.8. The van der Waals surface area contributed by atoms with E-state index in [1.807, 2.05) is 0 Å². The van der Waals surface area contributed by atoms with Crippen LogP contribution in [0.1, 0.15) is 6.92 Å². The van der Waals surface area contributed by atoms with Gasteiger partial charge >= 0.3 is 5.97 Å². The number of sulfonamides is 1. The third kappa shape index (κ3) is 3.28. The lowest BCUT2D eigenvalue weighted by Crippen LogP contribution is -2.50.